The highest BCUT2D eigenvalue weighted by atomic mass is 31.2. The van der Waals surface area contributed by atoms with Crippen molar-refractivity contribution >= 4 is 7.82 Å². The fourth-order valence-electron chi connectivity index (χ4n) is 1.71. The summed E-state index contributed by atoms with van der Waals surface area (Å²) in [7, 11) is -3.68. The van der Waals surface area contributed by atoms with Gasteiger partial charge >= 0.3 is 7.82 Å². The summed E-state index contributed by atoms with van der Waals surface area (Å²) in [6.07, 6.45) is -4.23. The molecule has 0 aromatic heterocycles. The molecule has 0 unspecified atom stereocenters. The number of phosphoric acid groups is 1. The van der Waals surface area contributed by atoms with Crippen LogP contribution in [0.25, 0.3) is 0 Å². The van der Waals surface area contributed by atoms with Crippen molar-refractivity contribution in [3.05, 3.63) is 0 Å². The first-order chi connectivity index (χ1) is 8.97. The van der Waals surface area contributed by atoms with Gasteiger partial charge in [-0.15, -0.1) is 0 Å². The summed E-state index contributed by atoms with van der Waals surface area (Å²) in [5.74, 6) is 0. The van der Waals surface area contributed by atoms with Gasteiger partial charge in [-0.3, -0.25) is 13.6 Å². The average molecular weight is 300 g/mol. The van der Waals surface area contributed by atoms with Crippen molar-refractivity contribution < 1.29 is 38.2 Å². The molecule has 9 heteroatoms. The van der Waals surface area contributed by atoms with E-state index in [9.17, 15) is 14.8 Å². The van der Waals surface area contributed by atoms with Crippen molar-refractivity contribution in [1.82, 2.24) is 0 Å². The standard InChI is InChI=1S/C10H21O8P/c1-3-15-19(14,16-4-2)17-6-8-10(13)9(12)7(5-11)18-8/h7-13H,3-6H2,1-2H3/t7-,8+,9-,10-/m1/s1. The van der Waals surface area contributed by atoms with E-state index in [0.717, 1.165) is 0 Å². The zero-order valence-electron chi connectivity index (χ0n) is 11.0. The summed E-state index contributed by atoms with van der Waals surface area (Å²) < 4.78 is 32.0. The lowest BCUT2D eigenvalue weighted by atomic mass is 10.1. The van der Waals surface area contributed by atoms with E-state index < -0.39 is 38.8 Å². The van der Waals surface area contributed by atoms with E-state index in [4.69, 9.17) is 23.4 Å². The molecule has 0 aromatic carbocycles. The summed E-state index contributed by atoms with van der Waals surface area (Å²) in [5.41, 5.74) is 0. The van der Waals surface area contributed by atoms with Crippen molar-refractivity contribution in [1.29, 1.82) is 0 Å². The van der Waals surface area contributed by atoms with Crippen LogP contribution in [-0.4, -0.2) is 66.2 Å². The van der Waals surface area contributed by atoms with Crippen LogP contribution in [0.3, 0.4) is 0 Å². The molecule has 0 spiro atoms. The Balaban J connectivity index is 2.53. The molecule has 4 atom stereocenters. The number of hydrogen-bond acceptors (Lipinski definition) is 8. The SMILES string of the molecule is CCOP(=O)(OCC)OC[C@@H]1O[C@H](CO)[C@@H](O)[C@@H]1O. The van der Waals surface area contributed by atoms with Crippen LogP contribution in [-0.2, 0) is 22.9 Å². The maximum atomic E-state index is 12.0. The lowest BCUT2D eigenvalue weighted by Gasteiger charge is -2.20. The molecule has 0 saturated carbocycles. The molecule has 114 valence electrons. The van der Waals surface area contributed by atoms with E-state index in [1.54, 1.807) is 13.8 Å². The third-order valence-electron chi connectivity index (χ3n) is 2.61. The third-order valence-corrected chi connectivity index (χ3v) is 4.23. The molecule has 1 aliphatic rings. The Labute approximate surface area is 111 Å². The second kappa shape index (κ2) is 7.66. The van der Waals surface area contributed by atoms with Crippen LogP contribution in [0.5, 0.6) is 0 Å². The molecule has 3 N–H and O–H groups in total. The smallest absolute Gasteiger partial charge is 0.394 e. The zero-order valence-corrected chi connectivity index (χ0v) is 11.9. The number of aliphatic hydroxyl groups excluding tert-OH is 3. The van der Waals surface area contributed by atoms with Crippen molar-refractivity contribution in [3.8, 4) is 0 Å². The molecule has 1 aliphatic heterocycles. The Bertz CT molecular complexity index is 302. The zero-order chi connectivity index (χ0) is 14.5. The topological polar surface area (TPSA) is 115 Å². The Morgan fingerprint density at radius 1 is 1.05 bits per heavy atom. The first kappa shape index (κ1) is 17.0. The van der Waals surface area contributed by atoms with Crippen LogP contribution >= 0.6 is 7.82 Å². The first-order valence-corrected chi connectivity index (χ1v) is 7.59. The van der Waals surface area contributed by atoms with Gasteiger partial charge in [0.25, 0.3) is 0 Å². The highest BCUT2D eigenvalue weighted by Gasteiger charge is 2.43. The number of ether oxygens (including phenoxy) is 1. The molecule has 0 radical (unpaired) electrons. The highest BCUT2D eigenvalue weighted by molar-refractivity contribution is 7.48. The minimum Gasteiger partial charge on any atom is -0.394 e. The minimum atomic E-state index is -3.68. The van der Waals surface area contributed by atoms with Crippen LogP contribution in [0.4, 0.5) is 0 Å². The summed E-state index contributed by atoms with van der Waals surface area (Å²) in [5, 5.41) is 28.1. The maximum absolute atomic E-state index is 12.0. The monoisotopic (exact) mass is 300 g/mol. The van der Waals surface area contributed by atoms with Crippen molar-refractivity contribution in [2.75, 3.05) is 26.4 Å². The van der Waals surface area contributed by atoms with Crippen LogP contribution < -0.4 is 0 Å². The quantitative estimate of drug-likeness (QED) is 0.522. The van der Waals surface area contributed by atoms with Gasteiger partial charge in [-0.05, 0) is 13.8 Å². The number of rotatable bonds is 8. The molecule has 19 heavy (non-hydrogen) atoms. The lowest BCUT2D eigenvalue weighted by molar-refractivity contribution is -0.0413. The van der Waals surface area contributed by atoms with Gasteiger partial charge in [0.1, 0.15) is 24.4 Å². The molecule has 0 bridgehead atoms. The number of hydrogen-bond donors (Lipinski definition) is 3. The van der Waals surface area contributed by atoms with Crippen LogP contribution in [0.2, 0.25) is 0 Å². The lowest BCUT2D eigenvalue weighted by Crippen LogP contribution is -2.35. The van der Waals surface area contributed by atoms with Gasteiger partial charge in [-0.25, -0.2) is 4.57 Å². The normalized spacial score (nSPS) is 31.8. The Morgan fingerprint density at radius 3 is 2.00 bits per heavy atom. The molecular weight excluding hydrogens is 279 g/mol. The van der Waals surface area contributed by atoms with Crippen LogP contribution in [0, 0.1) is 0 Å². The van der Waals surface area contributed by atoms with Crippen molar-refractivity contribution in [2.24, 2.45) is 0 Å². The van der Waals surface area contributed by atoms with E-state index in [0.29, 0.717) is 0 Å². The molecule has 1 saturated heterocycles. The van der Waals surface area contributed by atoms with E-state index in [-0.39, 0.29) is 19.8 Å². The predicted molar refractivity (Wildman–Crippen MR) is 64.6 cm³/mol. The second-order valence-corrected chi connectivity index (χ2v) is 5.62. The fraction of sp³-hybridized carbons (Fsp3) is 1.00. The van der Waals surface area contributed by atoms with Crippen molar-refractivity contribution in [2.45, 2.75) is 38.3 Å². The van der Waals surface area contributed by atoms with Gasteiger partial charge in [0, 0.05) is 0 Å². The van der Waals surface area contributed by atoms with Gasteiger partial charge in [-0.1, -0.05) is 0 Å². The molecule has 1 heterocycles. The predicted octanol–water partition coefficient (Wildman–Crippen LogP) is -0.334. The molecule has 0 aliphatic carbocycles. The van der Waals surface area contributed by atoms with Gasteiger partial charge in [0.05, 0.1) is 26.4 Å². The van der Waals surface area contributed by atoms with Crippen LogP contribution in [0.1, 0.15) is 13.8 Å². The largest absolute Gasteiger partial charge is 0.474 e. The summed E-state index contributed by atoms with van der Waals surface area (Å²) in [6.45, 7) is 2.87. The summed E-state index contributed by atoms with van der Waals surface area (Å²) in [6, 6.07) is 0. The second-order valence-electron chi connectivity index (χ2n) is 3.96. The molecule has 8 nitrogen and oxygen atoms in total. The number of phosphoric ester groups is 1. The van der Waals surface area contributed by atoms with Crippen molar-refractivity contribution in [3.63, 3.8) is 0 Å². The van der Waals surface area contributed by atoms with E-state index in [1.165, 1.54) is 0 Å². The Morgan fingerprint density at radius 2 is 1.58 bits per heavy atom. The van der Waals surface area contributed by atoms with Gasteiger partial charge < -0.3 is 20.1 Å². The molecule has 0 amide bonds. The molecular formula is C10H21O8P. The first-order valence-electron chi connectivity index (χ1n) is 6.13. The van der Waals surface area contributed by atoms with E-state index in [2.05, 4.69) is 0 Å². The minimum absolute atomic E-state index is 0.146. The Hall–Kier alpha value is -0.0500. The van der Waals surface area contributed by atoms with Gasteiger partial charge in [0.15, 0.2) is 0 Å². The summed E-state index contributed by atoms with van der Waals surface area (Å²) >= 11 is 0. The van der Waals surface area contributed by atoms with E-state index >= 15 is 0 Å². The van der Waals surface area contributed by atoms with Gasteiger partial charge in [0.2, 0.25) is 0 Å². The van der Waals surface area contributed by atoms with Gasteiger partial charge in [-0.2, -0.15) is 0 Å². The number of aliphatic hydroxyl groups is 3. The summed E-state index contributed by atoms with van der Waals surface area (Å²) in [4.78, 5) is 0. The fourth-order valence-corrected chi connectivity index (χ4v) is 2.89. The molecule has 1 rings (SSSR count). The maximum Gasteiger partial charge on any atom is 0.474 e. The Kier molecular flexibility index (Phi) is 6.85. The highest BCUT2D eigenvalue weighted by Crippen LogP contribution is 2.49. The van der Waals surface area contributed by atoms with Crippen LogP contribution in [0.15, 0.2) is 0 Å². The molecule has 0 aromatic rings. The van der Waals surface area contributed by atoms with E-state index in [1.807, 2.05) is 0 Å². The molecule has 1 fully saturated rings. The average Bonchev–Trinajstić information content (AvgIpc) is 2.64. The third kappa shape index (κ3) is 4.47.